The summed E-state index contributed by atoms with van der Waals surface area (Å²) in [6.07, 6.45) is 0.0880. The summed E-state index contributed by atoms with van der Waals surface area (Å²) >= 11 is 0. The van der Waals surface area contributed by atoms with Gasteiger partial charge in [-0.05, 0) is 43.5 Å². The molecule has 4 rings (SSSR count). The number of carbonyl (C=O) groups excluding carboxylic acids is 1. The van der Waals surface area contributed by atoms with Crippen LogP contribution in [0.25, 0.3) is 16.7 Å². The number of halogens is 6. The van der Waals surface area contributed by atoms with Crippen LogP contribution in [-0.2, 0) is 4.74 Å². The van der Waals surface area contributed by atoms with Gasteiger partial charge in [0.2, 0.25) is 5.82 Å². The number of carbonyl (C=O) groups is 1. The number of hydrogen-bond acceptors (Lipinski definition) is 4. The summed E-state index contributed by atoms with van der Waals surface area (Å²) in [5.41, 5.74) is -1.78. The van der Waals surface area contributed by atoms with Gasteiger partial charge in [0.05, 0.1) is 11.7 Å². The first-order valence-corrected chi connectivity index (χ1v) is 11.2. The van der Waals surface area contributed by atoms with E-state index in [1.54, 1.807) is 6.08 Å². The van der Waals surface area contributed by atoms with Gasteiger partial charge in [-0.15, -0.1) is 0 Å². The van der Waals surface area contributed by atoms with Gasteiger partial charge in [0, 0.05) is 28.7 Å². The van der Waals surface area contributed by atoms with Gasteiger partial charge in [-0.1, -0.05) is 24.3 Å². The summed E-state index contributed by atoms with van der Waals surface area (Å²) in [5, 5.41) is 18.7. The van der Waals surface area contributed by atoms with E-state index < -0.39 is 75.5 Å². The lowest BCUT2D eigenvalue weighted by Gasteiger charge is -2.23. The molecule has 0 aromatic heterocycles. The smallest absolute Gasteiger partial charge is 0.341 e. The Morgan fingerprint density at radius 3 is 2.05 bits per heavy atom. The molecule has 0 aliphatic heterocycles. The van der Waals surface area contributed by atoms with Crippen LogP contribution in [0, 0.1) is 34.9 Å². The number of esters is 1. The number of allylic oxidation sites excluding steroid dienone is 1. The number of aromatic hydroxyl groups is 1. The van der Waals surface area contributed by atoms with Crippen molar-refractivity contribution in [3.63, 3.8) is 0 Å². The van der Waals surface area contributed by atoms with Crippen molar-refractivity contribution < 1.29 is 46.1 Å². The van der Waals surface area contributed by atoms with Crippen molar-refractivity contribution in [1.29, 1.82) is 0 Å². The molecule has 2 atom stereocenters. The molecule has 0 spiro atoms. The van der Waals surface area contributed by atoms with Crippen molar-refractivity contribution in [2.45, 2.75) is 38.4 Å². The maximum absolute atomic E-state index is 14.7. The number of ether oxygens (including phenoxy) is 1. The molecular formula is C27H20F6O4. The monoisotopic (exact) mass is 522 g/mol. The van der Waals surface area contributed by atoms with Crippen LogP contribution in [0.15, 0.2) is 42.5 Å². The molecule has 0 saturated heterocycles. The standard InChI is InChI=1S/C27H20F6O4/c1-12(34)15-6-7-16(22(29)21(15)28)13-2-4-14(5-3-13)37-27(36)19-9-8-17(23(30)25(19)32)18-10-11-20(35)26(33)24(18)31/h2,6-12,14,34-35H,3-5H2,1H3. The predicted octanol–water partition coefficient (Wildman–Crippen LogP) is 6.74. The molecule has 3 aromatic rings. The van der Waals surface area contributed by atoms with Gasteiger partial charge < -0.3 is 14.9 Å². The van der Waals surface area contributed by atoms with Crippen LogP contribution >= 0.6 is 0 Å². The van der Waals surface area contributed by atoms with E-state index in [0.29, 0.717) is 5.57 Å². The van der Waals surface area contributed by atoms with Gasteiger partial charge in [-0.25, -0.2) is 26.7 Å². The van der Waals surface area contributed by atoms with Gasteiger partial charge in [-0.2, -0.15) is 4.39 Å². The molecule has 4 nitrogen and oxygen atoms in total. The molecule has 10 heteroatoms. The molecule has 2 unspecified atom stereocenters. The van der Waals surface area contributed by atoms with Crippen molar-refractivity contribution in [2.75, 3.05) is 0 Å². The highest BCUT2D eigenvalue weighted by atomic mass is 19.2. The van der Waals surface area contributed by atoms with Crippen LogP contribution in [0.4, 0.5) is 26.3 Å². The highest BCUT2D eigenvalue weighted by Crippen LogP contribution is 2.35. The van der Waals surface area contributed by atoms with Crippen LogP contribution in [-0.4, -0.2) is 22.3 Å². The fourth-order valence-electron chi connectivity index (χ4n) is 4.17. The molecule has 0 radical (unpaired) electrons. The Bertz CT molecular complexity index is 1420. The van der Waals surface area contributed by atoms with E-state index in [-0.39, 0.29) is 30.4 Å². The van der Waals surface area contributed by atoms with Gasteiger partial charge in [-0.3, -0.25) is 0 Å². The molecule has 0 fully saturated rings. The number of benzene rings is 3. The first-order valence-electron chi connectivity index (χ1n) is 11.2. The number of rotatable bonds is 5. The normalized spacial score (nSPS) is 16.3. The Morgan fingerprint density at radius 2 is 1.43 bits per heavy atom. The van der Waals surface area contributed by atoms with E-state index in [4.69, 9.17) is 4.74 Å². The van der Waals surface area contributed by atoms with Crippen molar-refractivity contribution in [2.24, 2.45) is 0 Å². The average Bonchev–Trinajstić information content (AvgIpc) is 2.86. The summed E-state index contributed by atoms with van der Waals surface area (Å²) in [4.78, 5) is 12.5. The molecule has 1 aliphatic rings. The predicted molar refractivity (Wildman–Crippen MR) is 121 cm³/mol. The van der Waals surface area contributed by atoms with E-state index in [1.807, 2.05) is 0 Å². The molecule has 0 amide bonds. The minimum absolute atomic E-state index is 0.00767. The Labute approximate surface area is 207 Å². The fraction of sp³-hybridized carbons (Fsp3) is 0.222. The Hall–Kier alpha value is -3.79. The summed E-state index contributed by atoms with van der Waals surface area (Å²) in [7, 11) is 0. The SMILES string of the molecule is CC(O)c1ccc(C2=CCC(OC(=O)c3ccc(-c4ccc(O)c(F)c4F)c(F)c3F)CC2)c(F)c1F. The number of phenolic OH excluding ortho intramolecular Hbond substituents is 1. The minimum Gasteiger partial charge on any atom is -0.505 e. The fourth-order valence-corrected chi connectivity index (χ4v) is 4.17. The first kappa shape index (κ1) is 26.3. The lowest BCUT2D eigenvalue weighted by Crippen LogP contribution is -2.21. The van der Waals surface area contributed by atoms with E-state index in [0.717, 1.165) is 24.3 Å². The highest BCUT2D eigenvalue weighted by molar-refractivity contribution is 5.90. The van der Waals surface area contributed by atoms with Gasteiger partial charge in [0.1, 0.15) is 6.10 Å². The third kappa shape index (κ3) is 4.93. The first-order chi connectivity index (χ1) is 17.5. The summed E-state index contributed by atoms with van der Waals surface area (Å²) in [6, 6.07) is 6.03. The van der Waals surface area contributed by atoms with Crippen LogP contribution in [0.1, 0.15) is 53.8 Å². The van der Waals surface area contributed by atoms with Crippen LogP contribution < -0.4 is 0 Å². The third-order valence-corrected chi connectivity index (χ3v) is 6.20. The second-order valence-corrected chi connectivity index (χ2v) is 8.59. The van der Waals surface area contributed by atoms with E-state index >= 15 is 0 Å². The topological polar surface area (TPSA) is 66.8 Å². The summed E-state index contributed by atoms with van der Waals surface area (Å²) in [6.45, 7) is 1.31. The van der Waals surface area contributed by atoms with Crippen LogP contribution in [0.3, 0.4) is 0 Å². The lowest BCUT2D eigenvalue weighted by atomic mass is 9.90. The van der Waals surface area contributed by atoms with Crippen molar-refractivity contribution in [3.8, 4) is 16.9 Å². The second-order valence-electron chi connectivity index (χ2n) is 8.59. The molecule has 0 saturated carbocycles. The Balaban J connectivity index is 1.50. The summed E-state index contributed by atoms with van der Waals surface area (Å²) < 4.78 is 91.0. The van der Waals surface area contributed by atoms with E-state index in [1.165, 1.54) is 19.1 Å². The largest absolute Gasteiger partial charge is 0.505 e. The molecular weight excluding hydrogens is 502 g/mol. The molecule has 37 heavy (non-hydrogen) atoms. The minimum atomic E-state index is -1.63. The Morgan fingerprint density at radius 1 is 0.838 bits per heavy atom. The number of aliphatic hydroxyl groups excluding tert-OH is 1. The van der Waals surface area contributed by atoms with Crippen LogP contribution in [0.5, 0.6) is 5.75 Å². The van der Waals surface area contributed by atoms with Gasteiger partial charge in [0.25, 0.3) is 0 Å². The molecule has 0 heterocycles. The average molecular weight is 522 g/mol. The van der Waals surface area contributed by atoms with E-state index in [2.05, 4.69) is 0 Å². The molecule has 1 aliphatic carbocycles. The van der Waals surface area contributed by atoms with E-state index in [9.17, 15) is 41.4 Å². The number of hydrogen-bond donors (Lipinski definition) is 2. The molecule has 0 bridgehead atoms. The van der Waals surface area contributed by atoms with Crippen LogP contribution in [0.2, 0.25) is 0 Å². The lowest BCUT2D eigenvalue weighted by molar-refractivity contribution is 0.0279. The quantitative estimate of drug-likeness (QED) is 0.288. The number of phenols is 1. The zero-order chi connectivity index (χ0) is 27.0. The van der Waals surface area contributed by atoms with Crippen molar-refractivity contribution >= 4 is 11.5 Å². The number of aliphatic hydroxyl groups is 1. The molecule has 2 N–H and O–H groups in total. The molecule has 3 aromatic carbocycles. The van der Waals surface area contributed by atoms with Crippen molar-refractivity contribution in [1.82, 2.24) is 0 Å². The van der Waals surface area contributed by atoms with Crippen molar-refractivity contribution in [3.05, 3.63) is 94.1 Å². The van der Waals surface area contributed by atoms with Gasteiger partial charge >= 0.3 is 5.97 Å². The molecule has 194 valence electrons. The highest BCUT2D eigenvalue weighted by Gasteiger charge is 2.27. The third-order valence-electron chi connectivity index (χ3n) is 6.20. The second kappa shape index (κ2) is 10.3. The summed E-state index contributed by atoms with van der Waals surface area (Å²) in [5.74, 6) is -10.9. The zero-order valence-corrected chi connectivity index (χ0v) is 19.3. The zero-order valence-electron chi connectivity index (χ0n) is 19.3. The van der Waals surface area contributed by atoms with Gasteiger partial charge in [0.15, 0.2) is 34.8 Å². The maximum Gasteiger partial charge on any atom is 0.341 e. The maximum atomic E-state index is 14.7. The Kier molecular flexibility index (Phi) is 7.31.